The van der Waals surface area contributed by atoms with Crippen LogP contribution >= 0.6 is 0 Å². The van der Waals surface area contributed by atoms with Crippen molar-refractivity contribution in [1.29, 1.82) is 0 Å². The van der Waals surface area contributed by atoms with Gasteiger partial charge in [0.2, 0.25) is 5.82 Å². The molecule has 3 aromatic heterocycles. The number of tetrazole rings is 1. The van der Waals surface area contributed by atoms with Crippen molar-refractivity contribution in [1.82, 2.24) is 39.9 Å². The Labute approximate surface area is 195 Å². The Morgan fingerprint density at radius 2 is 1.91 bits per heavy atom. The zero-order valence-electron chi connectivity index (χ0n) is 19.1. The Balaban J connectivity index is 1.61. The van der Waals surface area contributed by atoms with Gasteiger partial charge in [0.25, 0.3) is 0 Å². The molecule has 0 spiro atoms. The van der Waals surface area contributed by atoms with Gasteiger partial charge in [-0.3, -0.25) is 4.68 Å². The molecule has 4 rings (SSSR count). The molecule has 0 saturated heterocycles. The molecular weight excluding hydrogens is 444 g/mol. The van der Waals surface area contributed by atoms with Gasteiger partial charge >= 0.3 is 0 Å². The van der Waals surface area contributed by atoms with Gasteiger partial charge in [0.15, 0.2) is 17.4 Å². The average Bonchev–Trinajstić information content (AvgIpc) is 3.46. The summed E-state index contributed by atoms with van der Waals surface area (Å²) in [5.74, 6) is -2.15. The number of aryl methyl sites for hydroxylation is 1. The number of nitrogens with zero attached hydrogens (tertiary/aromatic N) is 8. The van der Waals surface area contributed by atoms with Crippen molar-refractivity contribution in [2.75, 3.05) is 33.0 Å². The number of hydrogen-bond acceptors (Lipinski definition) is 8. The standard InChI is InChI=1S/C22H25F2N9O/c1-31(2)8-4-5-9-34-18-7-6-17(19(23)20(18)24)33-22(28-29-30-33)16-10-14(11-26-21(16)25)15-12-27-32(3)13-15/h6-7,10-13H,4-5,8-9H2,1-3H3,(H2,25,26). The van der Waals surface area contributed by atoms with E-state index < -0.39 is 11.6 Å². The molecular formula is C22H25F2N9O. The van der Waals surface area contributed by atoms with Crippen LogP contribution in [0.5, 0.6) is 5.75 Å². The van der Waals surface area contributed by atoms with E-state index in [9.17, 15) is 4.39 Å². The molecule has 3 heterocycles. The summed E-state index contributed by atoms with van der Waals surface area (Å²) in [5.41, 5.74) is 7.78. The van der Waals surface area contributed by atoms with E-state index in [1.54, 1.807) is 30.2 Å². The molecule has 2 N–H and O–H groups in total. The lowest BCUT2D eigenvalue weighted by Crippen LogP contribution is -2.14. The monoisotopic (exact) mass is 469 g/mol. The molecule has 0 radical (unpaired) electrons. The number of hydrogen-bond donors (Lipinski definition) is 1. The van der Waals surface area contributed by atoms with E-state index in [1.807, 2.05) is 25.2 Å². The quantitative estimate of drug-likeness (QED) is 0.372. The second kappa shape index (κ2) is 9.91. The predicted molar refractivity (Wildman–Crippen MR) is 122 cm³/mol. The van der Waals surface area contributed by atoms with E-state index in [0.717, 1.165) is 35.2 Å². The van der Waals surface area contributed by atoms with Crippen LogP contribution in [0, 0.1) is 11.6 Å². The maximum Gasteiger partial charge on any atom is 0.202 e. The van der Waals surface area contributed by atoms with Crippen LogP contribution < -0.4 is 10.5 Å². The lowest BCUT2D eigenvalue weighted by atomic mass is 10.1. The first-order valence-electron chi connectivity index (χ1n) is 10.6. The third kappa shape index (κ3) is 4.86. The molecule has 178 valence electrons. The summed E-state index contributed by atoms with van der Waals surface area (Å²) in [7, 11) is 5.74. The minimum atomic E-state index is -1.13. The van der Waals surface area contributed by atoms with Crippen LogP contribution in [-0.4, -0.2) is 67.1 Å². The van der Waals surface area contributed by atoms with Gasteiger partial charge in [-0.05, 0) is 62.1 Å². The van der Waals surface area contributed by atoms with E-state index in [2.05, 4.69) is 25.6 Å². The van der Waals surface area contributed by atoms with Crippen molar-refractivity contribution in [2.45, 2.75) is 12.8 Å². The third-order valence-electron chi connectivity index (χ3n) is 5.18. The first kappa shape index (κ1) is 23.2. The number of ether oxygens (including phenoxy) is 1. The van der Waals surface area contributed by atoms with Crippen molar-refractivity contribution >= 4 is 5.82 Å². The number of halogens is 2. The van der Waals surface area contributed by atoms with Gasteiger partial charge in [-0.1, -0.05) is 0 Å². The Hall–Kier alpha value is -3.93. The Morgan fingerprint density at radius 1 is 1.09 bits per heavy atom. The Morgan fingerprint density at radius 3 is 2.65 bits per heavy atom. The lowest BCUT2D eigenvalue weighted by molar-refractivity contribution is 0.276. The van der Waals surface area contributed by atoms with Crippen molar-refractivity contribution in [3.05, 3.63) is 48.4 Å². The SMILES string of the molecule is CN(C)CCCCOc1ccc(-n2nnnc2-c2cc(-c3cnn(C)c3)cnc2N)c(F)c1F. The maximum atomic E-state index is 15.0. The second-order valence-electron chi connectivity index (χ2n) is 8.04. The normalized spacial score (nSPS) is 11.4. The van der Waals surface area contributed by atoms with Gasteiger partial charge in [0, 0.05) is 30.6 Å². The molecule has 0 saturated carbocycles. The summed E-state index contributed by atoms with van der Waals surface area (Å²) in [6.45, 7) is 1.17. The summed E-state index contributed by atoms with van der Waals surface area (Å²) >= 11 is 0. The molecule has 0 aliphatic rings. The molecule has 0 bridgehead atoms. The van der Waals surface area contributed by atoms with Crippen molar-refractivity contribution in [2.24, 2.45) is 7.05 Å². The smallest absolute Gasteiger partial charge is 0.202 e. The van der Waals surface area contributed by atoms with Gasteiger partial charge in [-0.2, -0.15) is 14.2 Å². The molecule has 0 fully saturated rings. The number of nitrogens with two attached hydrogens (primary N) is 1. The highest BCUT2D eigenvalue weighted by Gasteiger charge is 2.22. The van der Waals surface area contributed by atoms with E-state index in [4.69, 9.17) is 10.5 Å². The summed E-state index contributed by atoms with van der Waals surface area (Å²) in [4.78, 5) is 6.26. The fourth-order valence-corrected chi connectivity index (χ4v) is 3.41. The topological polar surface area (TPSA) is 113 Å². The molecule has 12 heteroatoms. The molecule has 0 aliphatic heterocycles. The third-order valence-corrected chi connectivity index (χ3v) is 5.18. The molecule has 0 amide bonds. The van der Waals surface area contributed by atoms with Crippen molar-refractivity contribution in [3.8, 4) is 34.0 Å². The van der Waals surface area contributed by atoms with Gasteiger partial charge < -0.3 is 15.4 Å². The van der Waals surface area contributed by atoms with Crippen LogP contribution in [0.1, 0.15) is 12.8 Å². The summed E-state index contributed by atoms with van der Waals surface area (Å²) in [5, 5.41) is 15.6. The Kier molecular flexibility index (Phi) is 6.77. The zero-order valence-corrected chi connectivity index (χ0v) is 19.1. The number of rotatable bonds is 9. The summed E-state index contributed by atoms with van der Waals surface area (Å²) in [6, 6.07) is 4.45. The molecule has 0 aliphatic carbocycles. The number of anilines is 1. The number of benzene rings is 1. The fraction of sp³-hybridized carbons (Fsp3) is 0.318. The van der Waals surface area contributed by atoms with Crippen LogP contribution in [0.4, 0.5) is 14.6 Å². The van der Waals surface area contributed by atoms with Crippen LogP contribution in [0.3, 0.4) is 0 Å². The van der Waals surface area contributed by atoms with E-state index in [0.29, 0.717) is 5.56 Å². The number of unbranched alkanes of at least 4 members (excludes halogenated alkanes) is 1. The number of aromatic nitrogens is 7. The molecule has 0 atom stereocenters. The molecule has 4 aromatic rings. The maximum absolute atomic E-state index is 15.0. The van der Waals surface area contributed by atoms with Gasteiger partial charge in [0.05, 0.1) is 18.4 Å². The largest absolute Gasteiger partial charge is 0.490 e. The first-order valence-corrected chi connectivity index (χ1v) is 10.6. The van der Waals surface area contributed by atoms with Gasteiger partial charge in [-0.25, -0.2) is 9.37 Å². The lowest BCUT2D eigenvalue weighted by Gasteiger charge is -2.12. The number of pyridine rings is 1. The highest BCUT2D eigenvalue weighted by molar-refractivity contribution is 5.76. The van der Waals surface area contributed by atoms with Gasteiger partial charge in [-0.15, -0.1) is 5.10 Å². The Bertz CT molecular complexity index is 1290. The molecule has 34 heavy (non-hydrogen) atoms. The highest BCUT2D eigenvalue weighted by Crippen LogP contribution is 2.31. The van der Waals surface area contributed by atoms with Crippen LogP contribution in [0.15, 0.2) is 36.8 Å². The molecule has 10 nitrogen and oxygen atoms in total. The zero-order chi connectivity index (χ0) is 24.2. The minimum Gasteiger partial charge on any atom is -0.490 e. The van der Waals surface area contributed by atoms with E-state index >= 15 is 4.39 Å². The van der Waals surface area contributed by atoms with E-state index in [-0.39, 0.29) is 29.7 Å². The van der Waals surface area contributed by atoms with Crippen LogP contribution in [0.25, 0.3) is 28.2 Å². The van der Waals surface area contributed by atoms with Gasteiger partial charge in [0.1, 0.15) is 11.5 Å². The minimum absolute atomic E-state index is 0.117. The summed E-state index contributed by atoms with van der Waals surface area (Å²) in [6.07, 6.45) is 6.69. The molecule has 0 unspecified atom stereocenters. The van der Waals surface area contributed by atoms with Crippen molar-refractivity contribution < 1.29 is 13.5 Å². The van der Waals surface area contributed by atoms with E-state index in [1.165, 1.54) is 12.1 Å². The fourth-order valence-electron chi connectivity index (χ4n) is 3.41. The highest BCUT2D eigenvalue weighted by atomic mass is 19.2. The molecule has 1 aromatic carbocycles. The van der Waals surface area contributed by atoms with Crippen molar-refractivity contribution in [3.63, 3.8) is 0 Å². The predicted octanol–water partition coefficient (Wildman–Crippen LogP) is 2.71. The average molecular weight is 470 g/mol. The van der Waals surface area contributed by atoms with Crippen LogP contribution in [-0.2, 0) is 7.05 Å². The number of nitrogen functional groups attached to an aromatic ring is 1. The van der Waals surface area contributed by atoms with Crippen LogP contribution in [0.2, 0.25) is 0 Å². The summed E-state index contributed by atoms with van der Waals surface area (Å²) < 4.78 is 37.9. The second-order valence-corrected chi connectivity index (χ2v) is 8.04. The first-order chi connectivity index (χ1) is 16.3.